The number of fused-ring (bicyclic) bond motifs is 1. The molecule has 0 spiro atoms. The Balaban J connectivity index is 1.89. The highest BCUT2D eigenvalue weighted by Gasteiger charge is 2.28. The molecule has 1 amide bonds. The lowest BCUT2D eigenvalue weighted by molar-refractivity contribution is -0.153. The summed E-state index contributed by atoms with van der Waals surface area (Å²) < 4.78 is 41.6. The van der Waals surface area contributed by atoms with Crippen molar-refractivity contribution in [2.75, 3.05) is 6.61 Å². The van der Waals surface area contributed by atoms with Gasteiger partial charge in [-0.15, -0.1) is 0 Å². The number of benzene rings is 1. The maximum atomic E-state index is 12.3. The number of pyridine rings is 1. The number of H-pyrrole nitrogens is 1. The highest BCUT2D eigenvalue weighted by Crippen LogP contribution is 2.23. The minimum atomic E-state index is -4.46. The van der Waals surface area contributed by atoms with Crippen LogP contribution in [0.15, 0.2) is 42.7 Å². The Morgan fingerprint density at radius 2 is 2.04 bits per heavy atom. The number of carbonyl (C=O) groups excluding carboxylic acids is 1. The highest BCUT2D eigenvalue weighted by atomic mass is 19.4. The minimum Gasteiger partial charge on any atom is -0.482 e. The summed E-state index contributed by atoms with van der Waals surface area (Å²) in [6.45, 7) is -1.43. The summed E-state index contributed by atoms with van der Waals surface area (Å²) in [7, 11) is 0. The number of alkyl halides is 3. The van der Waals surface area contributed by atoms with E-state index in [1.54, 1.807) is 6.20 Å². The van der Waals surface area contributed by atoms with Crippen LogP contribution in [0, 0.1) is 0 Å². The fourth-order valence-corrected chi connectivity index (χ4v) is 2.51. The van der Waals surface area contributed by atoms with Crippen LogP contribution < -0.4 is 10.5 Å². The summed E-state index contributed by atoms with van der Waals surface area (Å²) in [4.78, 5) is 18.5. The third kappa shape index (κ3) is 4.09. The van der Waals surface area contributed by atoms with Crippen LogP contribution >= 0.6 is 0 Å². The number of aromatic nitrogens is 2. The summed E-state index contributed by atoms with van der Waals surface area (Å²) in [6.07, 6.45) is -1.31. The zero-order chi connectivity index (χ0) is 18.0. The van der Waals surface area contributed by atoms with E-state index in [1.165, 1.54) is 6.07 Å². The number of rotatable bonds is 5. The molecule has 0 bridgehead atoms. The first-order valence-corrected chi connectivity index (χ1v) is 7.36. The zero-order valence-electron chi connectivity index (χ0n) is 12.9. The number of nitrogens with two attached hydrogens (primary N) is 1. The smallest absolute Gasteiger partial charge is 0.422 e. The molecule has 0 saturated heterocycles. The van der Waals surface area contributed by atoms with Crippen LogP contribution in [0.5, 0.6) is 5.75 Å². The van der Waals surface area contributed by atoms with E-state index in [1.807, 2.05) is 24.3 Å². The summed E-state index contributed by atoms with van der Waals surface area (Å²) in [6, 6.07) is 8.94. The van der Waals surface area contributed by atoms with Gasteiger partial charge in [-0.3, -0.25) is 4.79 Å². The summed E-state index contributed by atoms with van der Waals surface area (Å²) >= 11 is 0. The fourth-order valence-electron chi connectivity index (χ4n) is 2.51. The van der Waals surface area contributed by atoms with Crippen LogP contribution in [-0.2, 0) is 6.42 Å². The maximum Gasteiger partial charge on any atom is 0.422 e. The van der Waals surface area contributed by atoms with Gasteiger partial charge in [-0.1, -0.05) is 12.1 Å². The number of primary amides is 1. The number of nitrogens with one attached hydrogen (secondary N) is 1. The van der Waals surface area contributed by atoms with Gasteiger partial charge in [0.25, 0.3) is 5.91 Å². The van der Waals surface area contributed by atoms with Gasteiger partial charge in [-0.25, -0.2) is 4.98 Å². The molecular formula is C17H14F3N3O2. The molecule has 3 rings (SSSR count). The quantitative estimate of drug-likeness (QED) is 0.742. The molecule has 0 radical (unpaired) electrons. The minimum absolute atomic E-state index is 0.00550. The number of ether oxygens (including phenoxy) is 1. The van der Waals surface area contributed by atoms with Gasteiger partial charge < -0.3 is 15.5 Å². The number of amides is 1. The first-order chi connectivity index (χ1) is 11.8. The van der Waals surface area contributed by atoms with Gasteiger partial charge >= 0.3 is 6.18 Å². The average Bonchev–Trinajstić information content (AvgIpc) is 3.00. The largest absolute Gasteiger partial charge is 0.482 e. The van der Waals surface area contributed by atoms with E-state index < -0.39 is 18.7 Å². The lowest BCUT2D eigenvalue weighted by Crippen LogP contribution is -2.20. The monoisotopic (exact) mass is 349 g/mol. The van der Waals surface area contributed by atoms with Crippen molar-refractivity contribution < 1.29 is 22.7 Å². The van der Waals surface area contributed by atoms with Gasteiger partial charge in [0, 0.05) is 11.7 Å². The molecule has 25 heavy (non-hydrogen) atoms. The molecule has 0 aliphatic carbocycles. The Hall–Kier alpha value is -3.03. The molecule has 1 aromatic carbocycles. The number of halogens is 3. The third-order valence-electron chi connectivity index (χ3n) is 3.59. The maximum absolute atomic E-state index is 12.3. The molecule has 8 heteroatoms. The highest BCUT2D eigenvalue weighted by molar-refractivity contribution is 5.92. The van der Waals surface area contributed by atoms with Crippen molar-refractivity contribution in [1.29, 1.82) is 0 Å². The standard InChI is InChI=1S/C17H14F3N3O2/c18-17(19,20)9-25-13-7-12(15(16(21)24)23-8-13)5-10-1-2-11-3-4-22-14(11)6-10/h1-4,6-8,22H,5,9H2,(H2,21,24). The Bertz CT molecular complexity index is 919. The van der Waals surface area contributed by atoms with E-state index in [0.29, 0.717) is 5.56 Å². The molecular weight excluding hydrogens is 335 g/mol. The van der Waals surface area contributed by atoms with Crippen LogP contribution in [-0.4, -0.2) is 28.7 Å². The Labute approximate surface area is 140 Å². The molecule has 0 aliphatic rings. The predicted octanol–water partition coefficient (Wildman–Crippen LogP) is 3.19. The second-order valence-electron chi connectivity index (χ2n) is 5.52. The summed E-state index contributed by atoms with van der Waals surface area (Å²) in [5.74, 6) is -0.823. The number of aromatic amines is 1. The molecule has 0 fully saturated rings. The van der Waals surface area contributed by atoms with Crippen LogP contribution in [0.2, 0.25) is 0 Å². The van der Waals surface area contributed by atoms with Crippen molar-refractivity contribution in [3.63, 3.8) is 0 Å². The molecule has 2 heterocycles. The first kappa shape index (κ1) is 16.8. The molecule has 3 N–H and O–H groups in total. The molecule has 0 unspecified atom stereocenters. The number of hydrogen-bond acceptors (Lipinski definition) is 3. The normalized spacial score (nSPS) is 11.6. The van der Waals surface area contributed by atoms with E-state index in [9.17, 15) is 18.0 Å². The molecule has 0 aliphatic heterocycles. The Kier molecular flexibility index (Phi) is 4.35. The molecule has 2 aromatic heterocycles. The number of carbonyl (C=O) groups is 1. The van der Waals surface area contributed by atoms with Crippen LogP contribution in [0.1, 0.15) is 21.6 Å². The summed E-state index contributed by atoms with van der Waals surface area (Å²) in [5.41, 5.74) is 7.48. The van der Waals surface area contributed by atoms with Crippen LogP contribution in [0.4, 0.5) is 13.2 Å². The Morgan fingerprint density at radius 1 is 1.24 bits per heavy atom. The molecule has 3 aromatic rings. The third-order valence-corrected chi connectivity index (χ3v) is 3.59. The second kappa shape index (κ2) is 6.46. The van der Waals surface area contributed by atoms with Gasteiger partial charge in [0.2, 0.25) is 0 Å². The Morgan fingerprint density at radius 3 is 2.76 bits per heavy atom. The van der Waals surface area contributed by atoms with Crippen LogP contribution in [0.25, 0.3) is 10.9 Å². The van der Waals surface area contributed by atoms with Crippen molar-refractivity contribution in [3.8, 4) is 5.75 Å². The number of nitrogens with zero attached hydrogens (tertiary/aromatic N) is 1. The van der Waals surface area contributed by atoms with Gasteiger partial charge in [0.1, 0.15) is 11.4 Å². The average molecular weight is 349 g/mol. The molecule has 0 atom stereocenters. The van der Waals surface area contributed by atoms with Crippen molar-refractivity contribution in [1.82, 2.24) is 9.97 Å². The van der Waals surface area contributed by atoms with Gasteiger partial charge in [-0.05, 0) is 41.1 Å². The number of hydrogen-bond donors (Lipinski definition) is 2. The van der Waals surface area contributed by atoms with Gasteiger partial charge in [0.15, 0.2) is 6.61 Å². The van der Waals surface area contributed by atoms with Crippen molar-refractivity contribution in [3.05, 3.63) is 59.5 Å². The van der Waals surface area contributed by atoms with Crippen molar-refractivity contribution in [2.45, 2.75) is 12.6 Å². The van der Waals surface area contributed by atoms with E-state index in [2.05, 4.69) is 9.97 Å². The SMILES string of the molecule is NC(=O)c1ncc(OCC(F)(F)F)cc1Cc1ccc2cc[nH]c2c1. The van der Waals surface area contributed by atoms with E-state index in [0.717, 1.165) is 22.7 Å². The van der Waals surface area contributed by atoms with Crippen molar-refractivity contribution in [2.24, 2.45) is 5.73 Å². The van der Waals surface area contributed by atoms with Gasteiger partial charge in [0.05, 0.1) is 6.20 Å². The van der Waals surface area contributed by atoms with E-state index in [4.69, 9.17) is 10.5 Å². The molecule has 5 nitrogen and oxygen atoms in total. The topological polar surface area (TPSA) is 81.0 Å². The fraction of sp³-hybridized carbons (Fsp3) is 0.176. The predicted molar refractivity (Wildman–Crippen MR) is 85.4 cm³/mol. The first-order valence-electron chi connectivity index (χ1n) is 7.36. The van der Waals surface area contributed by atoms with Gasteiger partial charge in [-0.2, -0.15) is 13.2 Å². The van der Waals surface area contributed by atoms with E-state index >= 15 is 0 Å². The molecule has 0 saturated carbocycles. The molecule has 130 valence electrons. The summed E-state index contributed by atoms with van der Waals surface area (Å²) in [5, 5.41) is 1.03. The van der Waals surface area contributed by atoms with Crippen molar-refractivity contribution >= 4 is 16.8 Å². The zero-order valence-corrected chi connectivity index (χ0v) is 12.9. The lowest BCUT2D eigenvalue weighted by atomic mass is 10.0. The second-order valence-corrected chi connectivity index (χ2v) is 5.52. The lowest BCUT2D eigenvalue weighted by Gasteiger charge is -2.12. The van der Waals surface area contributed by atoms with Crippen LogP contribution in [0.3, 0.4) is 0 Å². The van der Waals surface area contributed by atoms with E-state index in [-0.39, 0.29) is 17.9 Å².